The van der Waals surface area contributed by atoms with Crippen LogP contribution in [-0.2, 0) is 9.47 Å². The summed E-state index contributed by atoms with van der Waals surface area (Å²) >= 11 is 0. The number of carbonyl (C=O) groups excluding carboxylic acids is 1. The van der Waals surface area contributed by atoms with Crippen LogP contribution in [0.5, 0.6) is 0 Å². The molecule has 0 aromatic rings. The quantitative estimate of drug-likeness (QED) is 0.787. The second-order valence-electron chi connectivity index (χ2n) is 6.32. The summed E-state index contributed by atoms with van der Waals surface area (Å²) in [5.41, 5.74) is -0.444. The standard InChI is InChI=1S/C14H28N2O3/c1-11-12(18-10-9-15(11)5)7-8-16(6)13(17)19-14(2,3)4/h11-12H,7-10H2,1-6H3/t11-,12+/m0/s1. The lowest BCUT2D eigenvalue weighted by molar-refractivity contribution is -0.0613. The molecule has 1 amide bonds. The maximum Gasteiger partial charge on any atom is 0.410 e. The Labute approximate surface area is 116 Å². The first-order chi connectivity index (χ1) is 8.70. The smallest absolute Gasteiger partial charge is 0.410 e. The Morgan fingerprint density at radius 1 is 1.47 bits per heavy atom. The molecule has 1 saturated heterocycles. The maximum atomic E-state index is 11.8. The van der Waals surface area contributed by atoms with Crippen LogP contribution in [0.15, 0.2) is 0 Å². The number of hydrogen-bond acceptors (Lipinski definition) is 4. The van der Waals surface area contributed by atoms with Gasteiger partial charge in [-0.05, 0) is 41.2 Å². The third-order valence-electron chi connectivity index (χ3n) is 3.46. The fourth-order valence-electron chi connectivity index (χ4n) is 2.05. The van der Waals surface area contributed by atoms with Crippen molar-refractivity contribution in [3.63, 3.8) is 0 Å². The van der Waals surface area contributed by atoms with E-state index in [4.69, 9.17) is 9.47 Å². The summed E-state index contributed by atoms with van der Waals surface area (Å²) in [5, 5.41) is 0. The van der Waals surface area contributed by atoms with Crippen LogP contribution in [0.2, 0.25) is 0 Å². The van der Waals surface area contributed by atoms with Gasteiger partial charge in [-0.1, -0.05) is 0 Å². The Hall–Kier alpha value is -0.810. The van der Waals surface area contributed by atoms with Crippen LogP contribution in [0.25, 0.3) is 0 Å². The van der Waals surface area contributed by atoms with Gasteiger partial charge in [-0.2, -0.15) is 0 Å². The number of hydrogen-bond donors (Lipinski definition) is 0. The number of ether oxygens (including phenoxy) is 2. The van der Waals surface area contributed by atoms with Crippen LogP contribution in [0.3, 0.4) is 0 Å². The Balaban J connectivity index is 2.37. The van der Waals surface area contributed by atoms with Gasteiger partial charge in [0.2, 0.25) is 0 Å². The normalized spacial score (nSPS) is 25.2. The Morgan fingerprint density at radius 2 is 2.11 bits per heavy atom. The monoisotopic (exact) mass is 272 g/mol. The average Bonchev–Trinajstić information content (AvgIpc) is 2.28. The average molecular weight is 272 g/mol. The van der Waals surface area contributed by atoms with Gasteiger partial charge in [0.1, 0.15) is 5.60 Å². The summed E-state index contributed by atoms with van der Waals surface area (Å²) in [6, 6.07) is 0.390. The van der Waals surface area contributed by atoms with Gasteiger partial charge in [0.05, 0.1) is 12.7 Å². The van der Waals surface area contributed by atoms with Gasteiger partial charge in [0.25, 0.3) is 0 Å². The zero-order valence-corrected chi connectivity index (χ0v) is 13.1. The highest BCUT2D eigenvalue weighted by Crippen LogP contribution is 2.16. The number of morpholine rings is 1. The molecule has 0 spiro atoms. The van der Waals surface area contributed by atoms with Crippen LogP contribution in [-0.4, -0.2) is 67.4 Å². The van der Waals surface area contributed by atoms with Crippen molar-refractivity contribution in [3.05, 3.63) is 0 Å². The molecule has 1 heterocycles. The SMILES string of the molecule is C[C@H]1[C@@H](CCN(C)C(=O)OC(C)(C)C)OCCN1C. The maximum absolute atomic E-state index is 11.8. The lowest BCUT2D eigenvalue weighted by atomic mass is 10.1. The molecule has 5 heteroatoms. The predicted molar refractivity (Wildman–Crippen MR) is 75.3 cm³/mol. The van der Waals surface area contributed by atoms with Crippen molar-refractivity contribution in [2.75, 3.05) is 33.8 Å². The highest BCUT2D eigenvalue weighted by Gasteiger charge is 2.27. The summed E-state index contributed by atoms with van der Waals surface area (Å²) in [5.74, 6) is 0. The van der Waals surface area contributed by atoms with Crippen LogP contribution in [0, 0.1) is 0 Å². The Bertz CT molecular complexity index is 302. The van der Waals surface area contributed by atoms with E-state index < -0.39 is 5.60 Å². The molecule has 112 valence electrons. The minimum Gasteiger partial charge on any atom is -0.444 e. The van der Waals surface area contributed by atoms with Gasteiger partial charge >= 0.3 is 6.09 Å². The number of carbonyl (C=O) groups is 1. The lowest BCUT2D eigenvalue weighted by Gasteiger charge is -2.37. The molecule has 0 aliphatic carbocycles. The molecule has 1 rings (SSSR count). The van der Waals surface area contributed by atoms with Gasteiger partial charge in [-0.15, -0.1) is 0 Å². The number of likely N-dealkylation sites (N-methyl/N-ethyl adjacent to an activating group) is 1. The molecular weight excluding hydrogens is 244 g/mol. The van der Waals surface area contributed by atoms with Crippen molar-refractivity contribution in [1.82, 2.24) is 9.80 Å². The molecule has 0 aromatic carbocycles. The zero-order valence-electron chi connectivity index (χ0n) is 13.1. The van der Waals surface area contributed by atoms with Gasteiger partial charge in [0, 0.05) is 26.2 Å². The second kappa shape index (κ2) is 6.57. The molecule has 1 aliphatic rings. The molecule has 1 fully saturated rings. The van der Waals surface area contributed by atoms with Crippen LogP contribution in [0.4, 0.5) is 4.79 Å². The fraction of sp³-hybridized carbons (Fsp3) is 0.929. The number of amides is 1. The minimum absolute atomic E-state index is 0.184. The third kappa shape index (κ3) is 5.37. The van der Waals surface area contributed by atoms with E-state index in [9.17, 15) is 4.79 Å². The first kappa shape index (κ1) is 16.2. The molecule has 5 nitrogen and oxygen atoms in total. The largest absolute Gasteiger partial charge is 0.444 e. The van der Waals surface area contributed by atoms with Crippen molar-refractivity contribution in [1.29, 1.82) is 0 Å². The summed E-state index contributed by atoms with van der Waals surface area (Å²) in [4.78, 5) is 15.7. The molecule has 0 unspecified atom stereocenters. The van der Waals surface area contributed by atoms with Gasteiger partial charge in [-0.3, -0.25) is 4.90 Å². The topological polar surface area (TPSA) is 42.0 Å². The molecule has 0 saturated carbocycles. The highest BCUT2D eigenvalue weighted by molar-refractivity contribution is 5.67. The van der Waals surface area contributed by atoms with Crippen molar-refractivity contribution >= 4 is 6.09 Å². The van der Waals surface area contributed by atoms with Crippen molar-refractivity contribution in [2.45, 2.75) is 51.9 Å². The third-order valence-corrected chi connectivity index (χ3v) is 3.46. The van der Waals surface area contributed by atoms with Gasteiger partial charge in [-0.25, -0.2) is 4.79 Å². The van der Waals surface area contributed by atoms with Crippen molar-refractivity contribution < 1.29 is 14.3 Å². The van der Waals surface area contributed by atoms with E-state index in [2.05, 4.69) is 18.9 Å². The summed E-state index contributed by atoms with van der Waals surface area (Å²) < 4.78 is 11.1. The molecule has 19 heavy (non-hydrogen) atoms. The number of nitrogens with zero attached hydrogens (tertiary/aromatic N) is 2. The van der Waals surface area contributed by atoms with E-state index in [1.54, 1.807) is 11.9 Å². The molecule has 2 atom stereocenters. The molecule has 0 radical (unpaired) electrons. The van der Waals surface area contributed by atoms with Crippen molar-refractivity contribution in [2.24, 2.45) is 0 Å². The van der Waals surface area contributed by atoms with Gasteiger partial charge < -0.3 is 14.4 Å². The number of rotatable bonds is 3. The van der Waals surface area contributed by atoms with Crippen LogP contribution >= 0.6 is 0 Å². The fourth-order valence-corrected chi connectivity index (χ4v) is 2.05. The summed E-state index contributed by atoms with van der Waals surface area (Å²) in [6.45, 7) is 10.2. The molecule has 0 N–H and O–H groups in total. The molecule has 0 aromatic heterocycles. The van der Waals surface area contributed by atoms with Crippen LogP contribution in [0.1, 0.15) is 34.1 Å². The first-order valence-corrected chi connectivity index (χ1v) is 6.96. The Morgan fingerprint density at radius 3 is 2.68 bits per heavy atom. The summed E-state index contributed by atoms with van der Waals surface area (Å²) in [6.07, 6.45) is 0.745. The zero-order chi connectivity index (χ0) is 14.6. The molecule has 1 aliphatic heterocycles. The molecule has 0 bridgehead atoms. The van der Waals surface area contributed by atoms with E-state index in [1.165, 1.54) is 0 Å². The van der Waals surface area contributed by atoms with E-state index in [1.807, 2.05) is 20.8 Å². The highest BCUT2D eigenvalue weighted by atomic mass is 16.6. The van der Waals surface area contributed by atoms with E-state index in [0.717, 1.165) is 19.6 Å². The minimum atomic E-state index is -0.444. The Kier molecular flexibility index (Phi) is 5.62. The lowest BCUT2D eigenvalue weighted by Crippen LogP contribution is -2.48. The van der Waals surface area contributed by atoms with Crippen LogP contribution < -0.4 is 0 Å². The van der Waals surface area contributed by atoms with E-state index in [0.29, 0.717) is 12.6 Å². The first-order valence-electron chi connectivity index (χ1n) is 6.96. The predicted octanol–water partition coefficient (Wildman–Crippen LogP) is 1.96. The van der Waals surface area contributed by atoms with E-state index >= 15 is 0 Å². The second-order valence-corrected chi connectivity index (χ2v) is 6.32. The molecular formula is C14H28N2O3. The van der Waals surface area contributed by atoms with Crippen molar-refractivity contribution in [3.8, 4) is 0 Å². The van der Waals surface area contributed by atoms with Gasteiger partial charge in [0.15, 0.2) is 0 Å². The van der Waals surface area contributed by atoms with E-state index in [-0.39, 0.29) is 12.2 Å². The summed E-state index contributed by atoms with van der Waals surface area (Å²) in [7, 11) is 3.88.